The standard InChI is InChI=1S/C7H13NOS/c1-4-5(9)7(2,3)10-6(4)8/h6,9H,8H2,1-3H3. The first kappa shape index (κ1) is 7.95. The summed E-state index contributed by atoms with van der Waals surface area (Å²) in [6, 6.07) is 0. The topological polar surface area (TPSA) is 46.2 Å². The number of hydrogen-bond acceptors (Lipinski definition) is 3. The summed E-state index contributed by atoms with van der Waals surface area (Å²) in [7, 11) is 0. The Hall–Kier alpha value is -0.150. The van der Waals surface area contributed by atoms with Gasteiger partial charge in [-0.2, -0.15) is 0 Å². The average molecular weight is 159 g/mol. The Morgan fingerprint density at radius 3 is 2.20 bits per heavy atom. The molecule has 3 heteroatoms. The summed E-state index contributed by atoms with van der Waals surface area (Å²) in [6.07, 6.45) is 0. The molecule has 1 aliphatic rings. The average Bonchev–Trinajstić information content (AvgIpc) is 1.95. The van der Waals surface area contributed by atoms with Gasteiger partial charge in [0.25, 0.3) is 0 Å². The van der Waals surface area contributed by atoms with E-state index < -0.39 is 0 Å². The summed E-state index contributed by atoms with van der Waals surface area (Å²) in [5.41, 5.74) is 6.60. The maximum absolute atomic E-state index is 9.47. The van der Waals surface area contributed by atoms with Crippen LogP contribution >= 0.6 is 11.8 Å². The first-order valence-electron chi connectivity index (χ1n) is 3.29. The molecule has 10 heavy (non-hydrogen) atoms. The number of thioether (sulfide) groups is 1. The van der Waals surface area contributed by atoms with Crippen LogP contribution < -0.4 is 5.73 Å². The summed E-state index contributed by atoms with van der Waals surface area (Å²) < 4.78 is -0.177. The monoisotopic (exact) mass is 159 g/mol. The van der Waals surface area contributed by atoms with Crippen molar-refractivity contribution in [1.29, 1.82) is 0 Å². The van der Waals surface area contributed by atoms with Gasteiger partial charge in [0.2, 0.25) is 0 Å². The van der Waals surface area contributed by atoms with Crippen LogP contribution in [0.5, 0.6) is 0 Å². The van der Waals surface area contributed by atoms with E-state index in [1.807, 2.05) is 20.8 Å². The molecule has 0 aliphatic carbocycles. The van der Waals surface area contributed by atoms with E-state index in [2.05, 4.69) is 0 Å². The van der Waals surface area contributed by atoms with E-state index in [0.29, 0.717) is 5.76 Å². The molecule has 0 saturated carbocycles. The van der Waals surface area contributed by atoms with Crippen molar-refractivity contribution in [1.82, 2.24) is 0 Å². The predicted molar refractivity (Wildman–Crippen MR) is 45.0 cm³/mol. The van der Waals surface area contributed by atoms with Gasteiger partial charge >= 0.3 is 0 Å². The Morgan fingerprint density at radius 2 is 2.10 bits per heavy atom. The van der Waals surface area contributed by atoms with Gasteiger partial charge in [0.05, 0.1) is 10.1 Å². The van der Waals surface area contributed by atoms with Gasteiger partial charge in [0.1, 0.15) is 5.76 Å². The summed E-state index contributed by atoms with van der Waals surface area (Å²) in [6.45, 7) is 5.83. The number of aliphatic hydroxyl groups excluding tert-OH is 1. The molecule has 0 saturated heterocycles. The number of rotatable bonds is 0. The highest BCUT2D eigenvalue weighted by Gasteiger charge is 2.36. The van der Waals surface area contributed by atoms with Crippen molar-refractivity contribution < 1.29 is 5.11 Å². The first-order chi connectivity index (χ1) is 4.45. The van der Waals surface area contributed by atoms with E-state index in [1.54, 1.807) is 11.8 Å². The van der Waals surface area contributed by atoms with Crippen molar-refractivity contribution in [3.05, 3.63) is 11.3 Å². The summed E-state index contributed by atoms with van der Waals surface area (Å²) in [5.74, 6) is 0.449. The minimum atomic E-state index is -0.177. The minimum absolute atomic E-state index is 0.0185. The molecule has 0 fully saturated rings. The fourth-order valence-corrected chi connectivity index (χ4v) is 2.27. The molecule has 58 valence electrons. The number of aliphatic hydroxyl groups is 1. The minimum Gasteiger partial charge on any atom is -0.511 e. The quantitative estimate of drug-likeness (QED) is 0.564. The highest BCUT2D eigenvalue weighted by Crippen LogP contribution is 2.43. The zero-order chi connectivity index (χ0) is 7.94. The molecule has 1 unspecified atom stereocenters. The number of nitrogens with two attached hydrogens (primary N) is 1. The van der Waals surface area contributed by atoms with Crippen LogP contribution in [0.25, 0.3) is 0 Å². The lowest BCUT2D eigenvalue weighted by Gasteiger charge is -2.16. The van der Waals surface area contributed by atoms with E-state index in [9.17, 15) is 5.11 Å². The Bertz CT molecular complexity index is 186. The molecule has 2 nitrogen and oxygen atoms in total. The second-order valence-electron chi connectivity index (χ2n) is 3.08. The van der Waals surface area contributed by atoms with Crippen molar-refractivity contribution in [3.8, 4) is 0 Å². The number of hydrogen-bond donors (Lipinski definition) is 2. The lowest BCUT2D eigenvalue weighted by molar-refractivity contribution is 0.364. The molecule has 3 N–H and O–H groups in total. The molecule has 0 aromatic carbocycles. The molecule has 1 rings (SSSR count). The SMILES string of the molecule is CC1=C(O)C(C)(C)SC1N. The van der Waals surface area contributed by atoms with Crippen LogP contribution in [0.3, 0.4) is 0 Å². The predicted octanol–water partition coefficient (Wildman–Crippen LogP) is 1.63. The molecule has 0 aromatic heterocycles. The van der Waals surface area contributed by atoms with Crippen LogP contribution in [0.15, 0.2) is 11.3 Å². The van der Waals surface area contributed by atoms with Crippen molar-refractivity contribution in [2.75, 3.05) is 0 Å². The van der Waals surface area contributed by atoms with Crippen LogP contribution in [-0.2, 0) is 0 Å². The summed E-state index contributed by atoms with van der Waals surface area (Å²) in [5, 5.41) is 9.46. The van der Waals surface area contributed by atoms with E-state index in [-0.39, 0.29) is 10.1 Å². The normalized spacial score (nSPS) is 31.4. The fraction of sp³-hybridized carbons (Fsp3) is 0.714. The molecular formula is C7H13NOS. The molecule has 0 bridgehead atoms. The van der Waals surface area contributed by atoms with Gasteiger partial charge < -0.3 is 10.8 Å². The van der Waals surface area contributed by atoms with Crippen LogP contribution in [0.2, 0.25) is 0 Å². The van der Waals surface area contributed by atoms with Crippen LogP contribution in [0, 0.1) is 0 Å². The molecule has 0 radical (unpaired) electrons. The third-order valence-corrected chi connectivity index (χ3v) is 3.18. The van der Waals surface area contributed by atoms with Crippen molar-refractivity contribution >= 4 is 11.8 Å². The van der Waals surface area contributed by atoms with Gasteiger partial charge in [0, 0.05) is 0 Å². The largest absolute Gasteiger partial charge is 0.511 e. The smallest absolute Gasteiger partial charge is 0.109 e. The Kier molecular flexibility index (Phi) is 1.73. The van der Waals surface area contributed by atoms with E-state index in [0.717, 1.165) is 5.57 Å². The van der Waals surface area contributed by atoms with Gasteiger partial charge in [-0.25, -0.2) is 0 Å². The third kappa shape index (κ3) is 1.04. The van der Waals surface area contributed by atoms with Crippen LogP contribution in [-0.4, -0.2) is 15.2 Å². The second-order valence-corrected chi connectivity index (χ2v) is 4.84. The highest BCUT2D eigenvalue weighted by atomic mass is 32.2. The molecule has 0 amide bonds. The third-order valence-electron chi connectivity index (χ3n) is 1.79. The van der Waals surface area contributed by atoms with Crippen molar-refractivity contribution in [3.63, 3.8) is 0 Å². The Balaban J connectivity index is 2.95. The van der Waals surface area contributed by atoms with Gasteiger partial charge in [-0.15, -0.1) is 11.8 Å². The van der Waals surface area contributed by atoms with Gasteiger partial charge in [-0.1, -0.05) is 0 Å². The summed E-state index contributed by atoms with van der Waals surface area (Å²) in [4.78, 5) is 0. The van der Waals surface area contributed by atoms with Gasteiger partial charge in [-0.3, -0.25) is 0 Å². The Labute approximate surface area is 65.5 Å². The van der Waals surface area contributed by atoms with E-state index in [4.69, 9.17) is 5.73 Å². The summed E-state index contributed by atoms with van der Waals surface area (Å²) >= 11 is 1.59. The van der Waals surface area contributed by atoms with Gasteiger partial charge in [0.15, 0.2) is 0 Å². The molecular weight excluding hydrogens is 146 g/mol. The van der Waals surface area contributed by atoms with Crippen LogP contribution in [0.4, 0.5) is 0 Å². The zero-order valence-electron chi connectivity index (χ0n) is 6.51. The highest BCUT2D eigenvalue weighted by molar-refractivity contribution is 8.01. The Morgan fingerprint density at radius 1 is 1.60 bits per heavy atom. The molecule has 1 aliphatic heterocycles. The van der Waals surface area contributed by atoms with Crippen molar-refractivity contribution in [2.24, 2.45) is 5.73 Å². The van der Waals surface area contributed by atoms with Crippen molar-refractivity contribution in [2.45, 2.75) is 30.9 Å². The van der Waals surface area contributed by atoms with E-state index in [1.165, 1.54) is 0 Å². The zero-order valence-corrected chi connectivity index (χ0v) is 7.33. The lowest BCUT2D eigenvalue weighted by atomic mass is 10.1. The van der Waals surface area contributed by atoms with E-state index >= 15 is 0 Å². The first-order valence-corrected chi connectivity index (χ1v) is 4.17. The molecule has 1 heterocycles. The maximum Gasteiger partial charge on any atom is 0.109 e. The molecule has 0 spiro atoms. The lowest BCUT2D eigenvalue weighted by Crippen LogP contribution is -2.17. The molecule has 1 atom stereocenters. The molecule has 0 aromatic rings. The van der Waals surface area contributed by atoms with Crippen LogP contribution in [0.1, 0.15) is 20.8 Å². The maximum atomic E-state index is 9.47. The fourth-order valence-electron chi connectivity index (χ4n) is 1.07. The second kappa shape index (κ2) is 2.17. The van der Waals surface area contributed by atoms with Gasteiger partial charge in [-0.05, 0) is 26.3 Å².